The Morgan fingerprint density at radius 2 is 1.66 bits per heavy atom. The van der Waals surface area contributed by atoms with Crippen molar-refractivity contribution in [2.75, 3.05) is 26.2 Å². The number of carbonyl (C=O) groups excluding carboxylic acids is 1. The number of fused-ring (bicyclic) bond motifs is 1. The van der Waals surface area contributed by atoms with Crippen LogP contribution in [0, 0.1) is 0 Å². The van der Waals surface area contributed by atoms with Gasteiger partial charge in [0, 0.05) is 37.2 Å². The number of halogens is 2. The van der Waals surface area contributed by atoms with Crippen LogP contribution in [0.3, 0.4) is 0 Å². The number of rotatable bonds is 6. The van der Waals surface area contributed by atoms with E-state index in [0.29, 0.717) is 16.6 Å². The van der Waals surface area contributed by atoms with Gasteiger partial charge in [0.25, 0.3) is 5.91 Å². The molecule has 2 aliphatic rings. The molecule has 3 aromatic carbocycles. The summed E-state index contributed by atoms with van der Waals surface area (Å²) in [5, 5.41) is 1.16. The molecule has 182 valence electrons. The Bertz CT molecular complexity index is 1180. The molecule has 3 aromatic rings. The van der Waals surface area contributed by atoms with E-state index >= 15 is 0 Å². The van der Waals surface area contributed by atoms with Crippen LogP contribution < -0.4 is 0 Å². The molecule has 1 atom stereocenters. The summed E-state index contributed by atoms with van der Waals surface area (Å²) in [6.45, 7) is 4.69. The summed E-state index contributed by atoms with van der Waals surface area (Å²) in [5.74, 6) is 0.113. The molecule has 1 amide bonds. The second-order valence-electron chi connectivity index (χ2n) is 10.0. The third kappa shape index (κ3) is 5.43. The molecule has 1 saturated heterocycles. The van der Waals surface area contributed by atoms with E-state index in [-0.39, 0.29) is 11.3 Å². The van der Waals surface area contributed by atoms with E-state index in [1.54, 1.807) is 0 Å². The molecule has 35 heavy (non-hydrogen) atoms. The number of carbonyl (C=O) groups is 1. The standard InChI is InChI=1S/C30H32Cl2N2O/c31-27-13-12-26(20-28(27)32)30(15-6-17-33-19-14-23-8-4-5-11-25(23)21-33)16-7-18-34(22-30)29(35)24-9-2-1-3-10-24/h1-5,8-13,20H,6-7,14-19,21-22H2. The van der Waals surface area contributed by atoms with Crippen molar-refractivity contribution in [1.82, 2.24) is 9.80 Å². The predicted octanol–water partition coefficient (Wildman–Crippen LogP) is 7.01. The first-order chi connectivity index (χ1) is 17.0. The lowest BCUT2D eigenvalue weighted by Crippen LogP contribution is -2.49. The molecule has 2 heterocycles. The van der Waals surface area contributed by atoms with Crippen molar-refractivity contribution in [3.05, 3.63) is 105 Å². The molecule has 1 fully saturated rings. The van der Waals surface area contributed by atoms with Crippen LogP contribution in [-0.2, 0) is 18.4 Å². The maximum atomic E-state index is 13.3. The second kappa shape index (κ2) is 10.7. The molecular formula is C30H32Cl2N2O. The fraction of sp³-hybridized carbons (Fsp3) is 0.367. The average Bonchev–Trinajstić information content (AvgIpc) is 2.90. The molecule has 0 N–H and O–H groups in total. The third-order valence-corrected chi connectivity index (χ3v) is 8.50. The molecule has 0 bridgehead atoms. The SMILES string of the molecule is O=C(c1ccccc1)N1CCCC(CCCN2CCc3ccccc3C2)(c2ccc(Cl)c(Cl)c2)C1. The van der Waals surface area contributed by atoms with E-state index in [0.717, 1.165) is 63.8 Å². The summed E-state index contributed by atoms with van der Waals surface area (Å²) in [4.78, 5) is 18.0. The van der Waals surface area contributed by atoms with Gasteiger partial charge in [-0.15, -0.1) is 0 Å². The van der Waals surface area contributed by atoms with E-state index in [1.807, 2.05) is 47.4 Å². The molecule has 0 aliphatic carbocycles. The number of benzene rings is 3. The summed E-state index contributed by atoms with van der Waals surface area (Å²) >= 11 is 12.7. The quantitative estimate of drug-likeness (QED) is 0.359. The average molecular weight is 508 g/mol. The highest BCUT2D eigenvalue weighted by atomic mass is 35.5. The number of piperidine rings is 1. The number of amides is 1. The largest absolute Gasteiger partial charge is 0.338 e. The van der Waals surface area contributed by atoms with Crippen molar-refractivity contribution in [2.45, 2.75) is 44.1 Å². The smallest absolute Gasteiger partial charge is 0.253 e. The number of hydrogen-bond acceptors (Lipinski definition) is 2. The Morgan fingerprint density at radius 3 is 2.46 bits per heavy atom. The Hall–Kier alpha value is -2.33. The fourth-order valence-corrected chi connectivity index (χ4v) is 6.16. The highest BCUT2D eigenvalue weighted by Gasteiger charge is 2.39. The normalized spacial score (nSPS) is 20.5. The van der Waals surface area contributed by atoms with Crippen molar-refractivity contribution in [3.8, 4) is 0 Å². The summed E-state index contributed by atoms with van der Waals surface area (Å²) in [6.07, 6.45) is 5.24. The van der Waals surface area contributed by atoms with Gasteiger partial charge in [-0.05, 0) is 79.6 Å². The van der Waals surface area contributed by atoms with Crippen molar-refractivity contribution in [1.29, 1.82) is 0 Å². The van der Waals surface area contributed by atoms with Crippen LogP contribution in [0.5, 0.6) is 0 Å². The Balaban J connectivity index is 1.34. The van der Waals surface area contributed by atoms with Crippen LogP contribution in [0.4, 0.5) is 0 Å². The molecule has 0 aromatic heterocycles. The van der Waals surface area contributed by atoms with Crippen molar-refractivity contribution >= 4 is 29.1 Å². The Morgan fingerprint density at radius 1 is 0.886 bits per heavy atom. The predicted molar refractivity (Wildman–Crippen MR) is 144 cm³/mol. The van der Waals surface area contributed by atoms with Gasteiger partial charge in [-0.3, -0.25) is 9.69 Å². The number of nitrogens with zero attached hydrogens (tertiary/aromatic N) is 2. The molecule has 1 unspecified atom stereocenters. The first kappa shape index (κ1) is 24.4. The van der Waals surface area contributed by atoms with E-state index in [4.69, 9.17) is 23.2 Å². The molecule has 2 aliphatic heterocycles. The summed E-state index contributed by atoms with van der Waals surface area (Å²) < 4.78 is 0. The lowest BCUT2D eigenvalue weighted by atomic mass is 9.71. The minimum absolute atomic E-state index is 0.113. The zero-order valence-corrected chi connectivity index (χ0v) is 21.6. The molecular weight excluding hydrogens is 475 g/mol. The van der Waals surface area contributed by atoms with Gasteiger partial charge in [-0.25, -0.2) is 0 Å². The van der Waals surface area contributed by atoms with Crippen molar-refractivity contribution in [2.24, 2.45) is 0 Å². The molecule has 0 radical (unpaired) electrons. The van der Waals surface area contributed by atoms with E-state index in [1.165, 1.54) is 16.7 Å². The Labute approximate surface area is 218 Å². The number of likely N-dealkylation sites (tertiary alicyclic amines) is 1. The second-order valence-corrected chi connectivity index (χ2v) is 10.8. The first-order valence-electron chi connectivity index (χ1n) is 12.6. The number of hydrogen-bond donors (Lipinski definition) is 0. The van der Waals surface area contributed by atoms with E-state index < -0.39 is 0 Å². The van der Waals surface area contributed by atoms with Gasteiger partial charge in [0.05, 0.1) is 10.0 Å². The van der Waals surface area contributed by atoms with Gasteiger partial charge in [0.2, 0.25) is 0 Å². The van der Waals surface area contributed by atoms with Gasteiger partial charge in [0.1, 0.15) is 0 Å². The summed E-state index contributed by atoms with van der Waals surface area (Å²) in [5.41, 5.74) is 4.77. The first-order valence-corrected chi connectivity index (χ1v) is 13.4. The molecule has 5 heteroatoms. The molecule has 5 rings (SSSR count). The van der Waals surface area contributed by atoms with Gasteiger partial charge in [0.15, 0.2) is 0 Å². The lowest BCUT2D eigenvalue weighted by Gasteiger charge is -2.44. The summed E-state index contributed by atoms with van der Waals surface area (Å²) in [7, 11) is 0. The van der Waals surface area contributed by atoms with Crippen LogP contribution in [0.25, 0.3) is 0 Å². The van der Waals surface area contributed by atoms with Gasteiger partial charge >= 0.3 is 0 Å². The minimum Gasteiger partial charge on any atom is -0.338 e. The zero-order chi connectivity index (χ0) is 24.3. The highest BCUT2D eigenvalue weighted by molar-refractivity contribution is 6.42. The van der Waals surface area contributed by atoms with Gasteiger partial charge < -0.3 is 4.90 Å². The monoisotopic (exact) mass is 506 g/mol. The summed E-state index contributed by atoms with van der Waals surface area (Å²) in [6, 6.07) is 24.5. The van der Waals surface area contributed by atoms with Crippen LogP contribution in [0.15, 0.2) is 72.8 Å². The van der Waals surface area contributed by atoms with E-state index in [2.05, 4.69) is 35.2 Å². The topological polar surface area (TPSA) is 23.6 Å². The molecule has 0 saturated carbocycles. The van der Waals surface area contributed by atoms with Crippen molar-refractivity contribution < 1.29 is 4.79 Å². The van der Waals surface area contributed by atoms with Crippen LogP contribution in [0.1, 0.15) is 52.7 Å². The maximum absolute atomic E-state index is 13.3. The Kier molecular flexibility index (Phi) is 7.48. The van der Waals surface area contributed by atoms with Gasteiger partial charge in [-0.2, -0.15) is 0 Å². The zero-order valence-electron chi connectivity index (χ0n) is 20.1. The van der Waals surface area contributed by atoms with Gasteiger partial charge in [-0.1, -0.05) is 71.7 Å². The van der Waals surface area contributed by atoms with Crippen LogP contribution in [0.2, 0.25) is 10.0 Å². The highest BCUT2D eigenvalue weighted by Crippen LogP contribution is 2.41. The molecule has 0 spiro atoms. The van der Waals surface area contributed by atoms with Crippen molar-refractivity contribution in [3.63, 3.8) is 0 Å². The minimum atomic E-state index is -0.120. The molecule has 3 nitrogen and oxygen atoms in total. The van der Waals surface area contributed by atoms with Crippen LogP contribution in [-0.4, -0.2) is 41.9 Å². The maximum Gasteiger partial charge on any atom is 0.253 e. The van der Waals surface area contributed by atoms with E-state index in [9.17, 15) is 4.79 Å². The van der Waals surface area contributed by atoms with Crippen LogP contribution >= 0.6 is 23.2 Å². The fourth-order valence-electron chi connectivity index (χ4n) is 5.86. The lowest BCUT2D eigenvalue weighted by molar-refractivity contribution is 0.0619. The third-order valence-electron chi connectivity index (χ3n) is 7.76.